The maximum absolute atomic E-state index is 12.0. The Balaban J connectivity index is 2.70. The maximum atomic E-state index is 12.0. The molecule has 0 fully saturated rings. The highest BCUT2D eigenvalue weighted by molar-refractivity contribution is 9.10. The van der Waals surface area contributed by atoms with Gasteiger partial charge in [-0.05, 0) is 53.9 Å². The third-order valence-electron chi connectivity index (χ3n) is 2.91. The molecule has 3 N–H and O–H groups in total. The Morgan fingerprint density at radius 1 is 1.50 bits per heavy atom. The Morgan fingerprint density at radius 2 is 2.20 bits per heavy atom. The topological polar surface area (TPSA) is 70.6 Å². The predicted octanol–water partition coefficient (Wildman–Crippen LogP) is 2.67. The van der Waals surface area contributed by atoms with Crippen molar-refractivity contribution in [1.29, 1.82) is 0 Å². The summed E-state index contributed by atoms with van der Waals surface area (Å²) in [5, 5.41) is 14.7. The highest BCUT2D eigenvalue weighted by Crippen LogP contribution is 2.23. The molecule has 5 nitrogen and oxygen atoms in total. The number of aliphatic hydroxyl groups is 1. The summed E-state index contributed by atoms with van der Waals surface area (Å²) in [6.45, 7) is 4.12. The standard InChI is InChI=1S/C14H21BrN2O3/c1-10-4-5-12(11(15)8-10)16-13(19)17-14(2,6-7-18)9-20-3/h4-5,8,18H,6-7,9H2,1-3H3,(H2,16,17,19). The summed E-state index contributed by atoms with van der Waals surface area (Å²) < 4.78 is 5.91. The molecular weight excluding hydrogens is 324 g/mol. The smallest absolute Gasteiger partial charge is 0.319 e. The summed E-state index contributed by atoms with van der Waals surface area (Å²) >= 11 is 3.41. The SMILES string of the molecule is COCC(C)(CCO)NC(=O)Nc1ccc(C)cc1Br. The van der Waals surface area contributed by atoms with Gasteiger partial charge in [-0.25, -0.2) is 4.79 Å². The molecule has 2 amide bonds. The zero-order valence-electron chi connectivity index (χ0n) is 12.0. The summed E-state index contributed by atoms with van der Waals surface area (Å²) in [5.41, 5.74) is 1.19. The second-order valence-corrected chi connectivity index (χ2v) is 5.88. The van der Waals surface area contributed by atoms with E-state index in [9.17, 15) is 4.79 Å². The van der Waals surface area contributed by atoms with Crippen molar-refractivity contribution in [2.24, 2.45) is 0 Å². The average Bonchev–Trinajstić information content (AvgIpc) is 2.33. The lowest BCUT2D eigenvalue weighted by Crippen LogP contribution is -2.51. The fourth-order valence-electron chi connectivity index (χ4n) is 1.89. The van der Waals surface area contributed by atoms with E-state index in [-0.39, 0.29) is 12.6 Å². The zero-order chi connectivity index (χ0) is 15.2. The molecule has 0 aliphatic carbocycles. The van der Waals surface area contributed by atoms with E-state index in [1.165, 1.54) is 0 Å². The van der Waals surface area contributed by atoms with Gasteiger partial charge in [-0.1, -0.05) is 6.07 Å². The monoisotopic (exact) mass is 344 g/mol. The van der Waals surface area contributed by atoms with E-state index in [4.69, 9.17) is 9.84 Å². The van der Waals surface area contributed by atoms with Crippen molar-refractivity contribution in [3.05, 3.63) is 28.2 Å². The van der Waals surface area contributed by atoms with Crippen LogP contribution in [-0.2, 0) is 4.74 Å². The molecule has 0 saturated carbocycles. The van der Waals surface area contributed by atoms with Gasteiger partial charge >= 0.3 is 6.03 Å². The van der Waals surface area contributed by atoms with Gasteiger partial charge in [0.1, 0.15) is 0 Å². The number of urea groups is 1. The Hall–Kier alpha value is -1.11. The van der Waals surface area contributed by atoms with Crippen LogP contribution in [0.2, 0.25) is 0 Å². The Kier molecular flexibility index (Phi) is 6.45. The van der Waals surface area contributed by atoms with E-state index in [1.54, 1.807) is 7.11 Å². The largest absolute Gasteiger partial charge is 0.396 e. The molecule has 6 heteroatoms. The molecule has 1 atom stereocenters. The molecule has 0 aliphatic rings. The number of amides is 2. The lowest BCUT2D eigenvalue weighted by molar-refractivity contribution is 0.104. The molecule has 112 valence electrons. The fraction of sp³-hybridized carbons (Fsp3) is 0.500. The van der Waals surface area contributed by atoms with Gasteiger partial charge in [0.15, 0.2) is 0 Å². The third kappa shape index (κ3) is 5.11. The fourth-order valence-corrected chi connectivity index (χ4v) is 2.48. The van der Waals surface area contributed by atoms with Gasteiger partial charge in [-0.2, -0.15) is 0 Å². The van der Waals surface area contributed by atoms with Crippen molar-refractivity contribution >= 4 is 27.6 Å². The summed E-state index contributed by atoms with van der Waals surface area (Å²) in [6, 6.07) is 5.35. The van der Waals surface area contributed by atoms with Crippen molar-refractivity contribution in [2.75, 3.05) is 25.6 Å². The highest BCUT2D eigenvalue weighted by Gasteiger charge is 2.26. The number of carbonyl (C=O) groups is 1. The first-order chi connectivity index (χ1) is 9.40. The molecule has 0 aromatic heterocycles. The molecule has 1 aromatic rings. The maximum Gasteiger partial charge on any atom is 0.319 e. The first-order valence-electron chi connectivity index (χ1n) is 6.35. The zero-order valence-corrected chi connectivity index (χ0v) is 13.6. The lowest BCUT2D eigenvalue weighted by atomic mass is 10.00. The quantitative estimate of drug-likeness (QED) is 0.742. The van der Waals surface area contributed by atoms with Crippen LogP contribution < -0.4 is 10.6 Å². The molecule has 0 heterocycles. The molecule has 0 aliphatic heterocycles. The van der Waals surface area contributed by atoms with E-state index in [1.807, 2.05) is 32.0 Å². The van der Waals surface area contributed by atoms with E-state index in [2.05, 4.69) is 26.6 Å². The van der Waals surface area contributed by atoms with Crippen molar-refractivity contribution in [3.8, 4) is 0 Å². The van der Waals surface area contributed by atoms with Crippen molar-refractivity contribution in [1.82, 2.24) is 5.32 Å². The van der Waals surface area contributed by atoms with Crippen LogP contribution in [-0.4, -0.2) is 37.0 Å². The third-order valence-corrected chi connectivity index (χ3v) is 3.57. The van der Waals surface area contributed by atoms with Crippen molar-refractivity contribution in [3.63, 3.8) is 0 Å². The number of hydrogen-bond donors (Lipinski definition) is 3. The minimum absolute atomic E-state index is 0.0195. The molecule has 0 saturated heterocycles. The van der Waals surface area contributed by atoms with Crippen LogP contribution in [0.4, 0.5) is 10.5 Å². The first kappa shape index (κ1) is 16.9. The lowest BCUT2D eigenvalue weighted by Gasteiger charge is -2.29. The van der Waals surface area contributed by atoms with E-state index in [0.29, 0.717) is 18.7 Å². The second-order valence-electron chi connectivity index (χ2n) is 5.03. The highest BCUT2D eigenvalue weighted by atomic mass is 79.9. The first-order valence-corrected chi connectivity index (χ1v) is 7.14. The van der Waals surface area contributed by atoms with E-state index < -0.39 is 5.54 Å². The van der Waals surface area contributed by atoms with Gasteiger partial charge in [-0.3, -0.25) is 0 Å². The molecule has 0 spiro atoms. The number of aliphatic hydroxyl groups excluding tert-OH is 1. The Morgan fingerprint density at radius 3 is 2.75 bits per heavy atom. The molecule has 1 aromatic carbocycles. The van der Waals surface area contributed by atoms with Gasteiger partial charge in [0, 0.05) is 18.2 Å². The summed E-state index contributed by atoms with van der Waals surface area (Å²) in [5.74, 6) is 0. The molecule has 20 heavy (non-hydrogen) atoms. The number of aryl methyl sites for hydroxylation is 1. The number of anilines is 1. The molecule has 0 bridgehead atoms. The Labute approximate surface area is 127 Å². The van der Waals surface area contributed by atoms with Crippen LogP contribution in [0.3, 0.4) is 0 Å². The number of ether oxygens (including phenoxy) is 1. The number of rotatable bonds is 6. The van der Waals surface area contributed by atoms with Crippen LogP contribution >= 0.6 is 15.9 Å². The number of carbonyl (C=O) groups excluding carboxylic acids is 1. The number of nitrogens with one attached hydrogen (secondary N) is 2. The molecular formula is C14H21BrN2O3. The van der Waals surface area contributed by atoms with Gasteiger partial charge in [0.2, 0.25) is 0 Å². The number of halogens is 1. The summed E-state index contributed by atoms with van der Waals surface area (Å²) in [7, 11) is 1.56. The van der Waals surface area contributed by atoms with Crippen LogP contribution in [0.1, 0.15) is 18.9 Å². The van der Waals surface area contributed by atoms with E-state index >= 15 is 0 Å². The van der Waals surface area contributed by atoms with Crippen LogP contribution in [0.5, 0.6) is 0 Å². The van der Waals surface area contributed by atoms with Crippen molar-refractivity contribution < 1.29 is 14.6 Å². The van der Waals surface area contributed by atoms with Crippen LogP contribution in [0, 0.1) is 6.92 Å². The summed E-state index contributed by atoms with van der Waals surface area (Å²) in [4.78, 5) is 12.0. The Bertz CT molecular complexity index is 460. The number of methoxy groups -OCH3 is 1. The predicted molar refractivity (Wildman–Crippen MR) is 83.0 cm³/mol. The normalized spacial score (nSPS) is 13.7. The minimum atomic E-state index is -0.606. The average molecular weight is 345 g/mol. The summed E-state index contributed by atoms with van der Waals surface area (Å²) in [6.07, 6.45) is 0.420. The number of benzene rings is 1. The van der Waals surface area contributed by atoms with Gasteiger partial charge in [-0.15, -0.1) is 0 Å². The van der Waals surface area contributed by atoms with Crippen molar-refractivity contribution in [2.45, 2.75) is 25.8 Å². The second kappa shape index (κ2) is 7.61. The molecule has 1 unspecified atom stereocenters. The minimum Gasteiger partial charge on any atom is -0.396 e. The number of hydrogen-bond acceptors (Lipinski definition) is 3. The van der Waals surface area contributed by atoms with E-state index in [0.717, 1.165) is 10.0 Å². The molecule has 0 radical (unpaired) electrons. The van der Waals surface area contributed by atoms with Crippen LogP contribution in [0.25, 0.3) is 0 Å². The van der Waals surface area contributed by atoms with Gasteiger partial charge in [0.25, 0.3) is 0 Å². The van der Waals surface area contributed by atoms with Gasteiger partial charge in [0.05, 0.1) is 17.8 Å². The van der Waals surface area contributed by atoms with Crippen LogP contribution in [0.15, 0.2) is 22.7 Å². The molecule has 1 rings (SSSR count). The van der Waals surface area contributed by atoms with Gasteiger partial charge < -0.3 is 20.5 Å².